The van der Waals surface area contributed by atoms with Crippen LogP contribution in [0.5, 0.6) is 5.75 Å². The van der Waals surface area contributed by atoms with Gasteiger partial charge in [-0.15, -0.1) is 0 Å². The maximum atomic E-state index is 14.7. The zero-order chi connectivity index (χ0) is 25.9. The van der Waals surface area contributed by atoms with Crippen LogP contribution in [0.4, 0.5) is 16.2 Å². The molecule has 37 heavy (non-hydrogen) atoms. The van der Waals surface area contributed by atoms with E-state index in [1.54, 1.807) is 21.2 Å². The van der Waals surface area contributed by atoms with E-state index in [4.69, 9.17) is 4.74 Å². The van der Waals surface area contributed by atoms with Gasteiger partial charge in [-0.05, 0) is 24.3 Å². The molecule has 13 heteroatoms. The van der Waals surface area contributed by atoms with Crippen molar-refractivity contribution in [3.05, 3.63) is 60.1 Å². The molecule has 1 aliphatic rings. The van der Waals surface area contributed by atoms with Gasteiger partial charge in [0, 0.05) is 61.8 Å². The Kier molecular flexibility index (Phi) is 5.26. The van der Waals surface area contributed by atoms with E-state index in [0.29, 0.717) is 52.6 Å². The molecule has 4 aromatic heterocycles. The zero-order valence-electron chi connectivity index (χ0n) is 20.3. The maximum absolute atomic E-state index is 14.7. The molecule has 5 aromatic rings. The van der Waals surface area contributed by atoms with Crippen molar-refractivity contribution < 1.29 is 17.5 Å². The molecule has 5 heterocycles. The number of pyridine rings is 1. The van der Waals surface area contributed by atoms with Crippen molar-refractivity contribution in [3.63, 3.8) is 0 Å². The highest BCUT2D eigenvalue weighted by atomic mass is 32.2. The van der Waals surface area contributed by atoms with Gasteiger partial charge in [0.05, 0.1) is 12.1 Å². The highest BCUT2D eigenvalue weighted by Gasteiger charge is 2.24. The number of rotatable bonds is 6. The molecule has 1 N–H and O–H groups in total. The number of nitrogens with one attached hydrogen (secondary N) is 1. The van der Waals surface area contributed by atoms with Crippen LogP contribution in [0.1, 0.15) is 11.1 Å². The van der Waals surface area contributed by atoms with E-state index in [-0.39, 0.29) is 17.4 Å². The third-order valence-corrected chi connectivity index (χ3v) is 7.40. The first-order valence-corrected chi connectivity index (χ1v) is 13.4. The Bertz CT molecular complexity index is 1800. The van der Waals surface area contributed by atoms with E-state index in [0.717, 1.165) is 17.6 Å². The topological polar surface area (TPSA) is 119 Å². The van der Waals surface area contributed by atoms with E-state index < -0.39 is 9.84 Å². The van der Waals surface area contributed by atoms with Crippen molar-refractivity contribution in [1.82, 2.24) is 29.0 Å². The second-order valence-electron chi connectivity index (χ2n) is 8.99. The van der Waals surface area contributed by atoms with Crippen molar-refractivity contribution in [2.75, 3.05) is 37.2 Å². The molecule has 0 unspecified atom stereocenters. The Labute approximate surface area is 211 Å². The first-order chi connectivity index (χ1) is 17.7. The van der Waals surface area contributed by atoms with Crippen LogP contribution in [-0.4, -0.2) is 64.3 Å². The average molecular weight is 523 g/mol. The quantitative estimate of drug-likeness (QED) is 0.359. The summed E-state index contributed by atoms with van der Waals surface area (Å²) < 4.78 is 48.9. The second kappa shape index (κ2) is 8.40. The SMILES string of the molecule is CN(C)c1ccc(-c2cnc(NCc3c(F)ccc4c3CCO4)n3cnc(S(C)(=O)=O)c23)c2ncnn12. The predicted molar refractivity (Wildman–Crippen MR) is 135 cm³/mol. The number of aromatic nitrogens is 6. The van der Waals surface area contributed by atoms with Crippen LogP contribution in [0.15, 0.2) is 48.1 Å². The third-order valence-electron chi connectivity index (χ3n) is 6.40. The minimum absolute atomic E-state index is 0.0949. The van der Waals surface area contributed by atoms with Crippen LogP contribution in [0.2, 0.25) is 0 Å². The zero-order valence-corrected chi connectivity index (χ0v) is 21.1. The summed E-state index contributed by atoms with van der Waals surface area (Å²) in [5, 5.41) is 7.39. The fraction of sp³-hybridized carbons (Fsp3) is 0.250. The number of hydrogen-bond acceptors (Lipinski definition) is 9. The number of sulfone groups is 1. The third kappa shape index (κ3) is 3.73. The van der Waals surface area contributed by atoms with Gasteiger partial charge in [0.25, 0.3) is 0 Å². The van der Waals surface area contributed by atoms with Gasteiger partial charge >= 0.3 is 0 Å². The lowest BCUT2D eigenvalue weighted by Gasteiger charge is -2.16. The van der Waals surface area contributed by atoms with Crippen LogP contribution in [0, 0.1) is 5.82 Å². The molecule has 190 valence electrons. The van der Waals surface area contributed by atoms with Gasteiger partial charge in [-0.3, -0.25) is 4.40 Å². The molecule has 0 amide bonds. The molecule has 11 nitrogen and oxygen atoms in total. The van der Waals surface area contributed by atoms with Crippen molar-refractivity contribution >= 4 is 32.8 Å². The number of hydrogen-bond donors (Lipinski definition) is 1. The van der Waals surface area contributed by atoms with Gasteiger partial charge in [-0.2, -0.15) is 9.61 Å². The summed E-state index contributed by atoms with van der Waals surface area (Å²) in [5.41, 5.74) is 3.34. The molecule has 0 radical (unpaired) electrons. The van der Waals surface area contributed by atoms with Crippen LogP contribution < -0.4 is 15.0 Å². The molecule has 0 saturated heterocycles. The minimum atomic E-state index is -3.69. The molecule has 0 atom stereocenters. The number of imidazole rings is 1. The largest absolute Gasteiger partial charge is 0.493 e. The van der Waals surface area contributed by atoms with Crippen LogP contribution >= 0.6 is 0 Å². The smallest absolute Gasteiger partial charge is 0.209 e. The molecule has 1 aliphatic heterocycles. The maximum Gasteiger partial charge on any atom is 0.209 e. The standard InChI is InChI=1S/C24H23FN8O3S/c1-31(2)20-7-4-15(22-28-12-30-33(20)22)17-11-27-24(32-13-29-23(21(17)32)37(3,34)35)26-10-16-14-8-9-36-19(14)6-5-18(16)25/h4-7,11-13H,8-10H2,1-3H3,(H,26,27). The van der Waals surface area contributed by atoms with Crippen LogP contribution in [0.25, 0.3) is 22.3 Å². The van der Waals surface area contributed by atoms with Crippen LogP contribution in [-0.2, 0) is 22.8 Å². The van der Waals surface area contributed by atoms with Crippen molar-refractivity contribution in [3.8, 4) is 16.9 Å². The molecule has 0 aliphatic carbocycles. The number of ether oxygens (including phenoxy) is 1. The van der Waals surface area contributed by atoms with Crippen LogP contribution in [0.3, 0.4) is 0 Å². The summed E-state index contributed by atoms with van der Waals surface area (Å²) in [5.74, 6) is 1.45. The fourth-order valence-corrected chi connectivity index (χ4v) is 5.50. The molecule has 0 saturated carbocycles. The van der Waals surface area contributed by atoms with Crippen molar-refractivity contribution in [2.45, 2.75) is 18.0 Å². The molecule has 0 bridgehead atoms. The van der Waals surface area contributed by atoms with E-state index in [2.05, 4.69) is 25.4 Å². The van der Waals surface area contributed by atoms with E-state index in [1.807, 2.05) is 31.1 Å². The number of halogens is 1. The normalized spacial score (nSPS) is 13.2. The lowest BCUT2D eigenvalue weighted by Crippen LogP contribution is -2.14. The Morgan fingerprint density at radius 3 is 2.76 bits per heavy atom. The minimum Gasteiger partial charge on any atom is -0.493 e. The summed E-state index contributed by atoms with van der Waals surface area (Å²) in [7, 11) is 0.0982. The summed E-state index contributed by atoms with van der Waals surface area (Å²) in [6.07, 6.45) is 6.14. The molecule has 1 aromatic carbocycles. The van der Waals surface area contributed by atoms with Gasteiger partial charge < -0.3 is 15.0 Å². The summed E-state index contributed by atoms with van der Waals surface area (Å²) >= 11 is 0. The molecular weight excluding hydrogens is 499 g/mol. The van der Waals surface area contributed by atoms with E-state index in [9.17, 15) is 12.8 Å². The number of nitrogens with zero attached hydrogens (tertiary/aromatic N) is 7. The van der Waals surface area contributed by atoms with Gasteiger partial charge in [-0.25, -0.2) is 27.8 Å². The molecule has 0 spiro atoms. The molecular formula is C24H23FN8O3S. The van der Waals surface area contributed by atoms with E-state index in [1.165, 1.54) is 18.7 Å². The van der Waals surface area contributed by atoms with Gasteiger partial charge in [0.2, 0.25) is 5.95 Å². The van der Waals surface area contributed by atoms with Crippen molar-refractivity contribution in [1.29, 1.82) is 0 Å². The predicted octanol–water partition coefficient (Wildman–Crippen LogP) is 2.59. The number of anilines is 2. The Morgan fingerprint density at radius 1 is 1.14 bits per heavy atom. The van der Waals surface area contributed by atoms with Crippen molar-refractivity contribution in [2.24, 2.45) is 0 Å². The van der Waals surface area contributed by atoms with E-state index >= 15 is 0 Å². The summed E-state index contributed by atoms with van der Waals surface area (Å²) in [6, 6.07) is 6.74. The average Bonchev–Trinajstić information content (AvgIpc) is 3.61. The molecule has 0 fully saturated rings. The lowest BCUT2D eigenvalue weighted by atomic mass is 10.0. The first-order valence-electron chi connectivity index (χ1n) is 11.5. The summed E-state index contributed by atoms with van der Waals surface area (Å²) in [4.78, 5) is 15.1. The Morgan fingerprint density at radius 2 is 1.97 bits per heavy atom. The Hall–Kier alpha value is -4.26. The monoisotopic (exact) mass is 522 g/mol. The number of fused-ring (bicyclic) bond motifs is 3. The molecule has 6 rings (SSSR count). The number of benzene rings is 1. The Balaban J connectivity index is 1.50. The van der Waals surface area contributed by atoms with Gasteiger partial charge in [-0.1, -0.05) is 0 Å². The summed E-state index contributed by atoms with van der Waals surface area (Å²) in [6.45, 7) is 0.643. The fourth-order valence-electron chi connectivity index (χ4n) is 4.70. The van der Waals surface area contributed by atoms with Gasteiger partial charge in [0.15, 0.2) is 20.5 Å². The highest BCUT2D eigenvalue weighted by molar-refractivity contribution is 7.90. The first kappa shape index (κ1) is 23.2. The highest BCUT2D eigenvalue weighted by Crippen LogP contribution is 2.34. The van der Waals surface area contributed by atoms with Gasteiger partial charge in [0.1, 0.15) is 30.0 Å². The second-order valence-corrected chi connectivity index (χ2v) is 10.9. The lowest BCUT2D eigenvalue weighted by molar-refractivity contribution is 0.356.